The Morgan fingerprint density at radius 3 is 2.09 bits per heavy atom. The molecule has 0 heterocycles. The fraction of sp³-hybridized carbons (Fsp3) is 0.933. The van der Waals surface area contributed by atoms with Crippen LogP contribution in [0, 0.1) is 0 Å². The summed E-state index contributed by atoms with van der Waals surface area (Å²) in [6, 6.07) is 0.667. The lowest BCUT2D eigenvalue weighted by Crippen LogP contribution is -2.33. The lowest BCUT2D eigenvalue weighted by molar-refractivity contribution is 0.0388. The van der Waals surface area contributed by atoms with Gasteiger partial charge in [0.1, 0.15) is 0 Å². The highest BCUT2D eigenvalue weighted by Gasteiger charge is 2.27. The lowest BCUT2D eigenvalue weighted by Gasteiger charge is -2.34. The maximum atomic E-state index is 5.89. The van der Waals surface area contributed by atoms with Crippen molar-refractivity contribution in [3.05, 3.63) is 0 Å². The largest absolute Gasteiger partial charge is 0.425 e. The second kappa shape index (κ2) is 14.3. The zero-order chi connectivity index (χ0) is 16.8. The van der Waals surface area contributed by atoms with Gasteiger partial charge >= 0.3 is 8.53 Å². The van der Waals surface area contributed by atoms with E-state index in [0.29, 0.717) is 51.7 Å². The molecule has 0 bridgehead atoms. The third-order valence-electron chi connectivity index (χ3n) is 2.65. The van der Waals surface area contributed by atoms with Crippen molar-refractivity contribution >= 4 is 14.9 Å². The summed E-state index contributed by atoms with van der Waals surface area (Å²) < 4.78 is 24.5. The van der Waals surface area contributed by atoms with Crippen molar-refractivity contribution in [1.82, 2.24) is 4.67 Å². The van der Waals surface area contributed by atoms with Gasteiger partial charge < -0.3 is 18.5 Å². The van der Waals surface area contributed by atoms with Gasteiger partial charge in [0.25, 0.3) is 0 Å². The monoisotopic (exact) mass is 336 g/mol. The molecule has 0 saturated heterocycles. The van der Waals surface area contributed by atoms with E-state index in [9.17, 15) is 0 Å². The minimum absolute atomic E-state index is 0.333. The van der Waals surface area contributed by atoms with Gasteiger partial charge in [-0.3, -0.25) is 4.99 Å². The van der Waals surface area contributed by atoms with Gasteiger partial charge in [0.05, 0.1) is 26.4 Å². The second-order valence-electron chi connectivity index (χ2n) is 5.16. The van der Waals surface area contributed by atoms with E-state index in [0.717, 1.165) is 0 Å². The molecule has 6 nitrogen and oxygen atoms in total. The maximum absolute atomic E-state index is 5.89. The normalized spacial score (nSPS) is 13.7. The van der Waals surface area contributed by atoms with Crippen molar-refractivity contribution in [3.8, 4) is 0 Å². The summed E-state index contributed by atoms with van der Waals surface area (Å²) in [6.45, 7) is 16.1. The van der Waals surface area contributed by atoms with Crippen LogP contribution in [0.1, 0.15) is 41.5 Å². The molecule has 0 aliphatic heterocycles. The first-order valence-corrected chi connectivity index (χ1v) is 9.19. The maximum Gasteiger partial charge on any atom is 0.322 e. The van der Waals surface area contributed by atoms with Crippen LogP contribution in [0.15, 0.2) is 4.99 Å². The zero-order valence-electron chi connectivity index (χ0n) is 14.9. The van der Waals surface area contributed by atoms with Gasteiger partial charge in [0.2, 0.25) is 0 Å². The zero-order valence-corrected chi connectivity index (χ0v) is 15.8. The molecule has 22 heavy (non-hydrogen) atoms. The number of hydrogen-bond donors (Lipinski definition) is 0. The molecular formula is C15H33N2O4P. The Balaban J connectivity index is 4.26. The Bertz CT molecular complexity index is 270. The fourth-order valence-corrected chi connectivity index (χ4v) is 3.25. The van der Waals surface area contributed by atoms with Gasteiger partial charge in [-0.15, -0.1) is 0 Å². The summed E-state index contributed by atoms with van der Waals surface area (Å²) in [7, 11) is -1.17. The highest BCUT2D eigenvalue weighted by atomic mass is 31.2. The van der Waals surface area contributed by atoms with E-state index >= 15 is 0 Å². The Hall–Kier alpha value is -0.260. The van der Waals surface area contributed by atoms with Crippen LogP contribution in [0.5, 0.6) is 0 Å². The highest BCUT2D eigenvalue weighted by molar-refractivity contribution is 7.45. The second-order valence-corrected chi connectivity index (χ2v) is 6.56. The molecule has 0 aromatic heterocycles. The van der Waals surface area contributed by atoms with Gasteiger partial charge in [-0.1, -0.05) is 0 Å². The van der Waals surface area contributed by atoms with E-state index in [1.165, 1.54) is 6.40 Å². The van der Waals surface area contributed by atoms with Crippen molar-refractivity contribution in [2.75, 3.05) is 39.6 Å². The van der Waals surface area contributed by atoms with Gasteiger partial charge in [0, 0.05) is 25.2 Å². The Labute approximate surface area is 137 Å². The molecule has 0 amide bonds. The van der Waals surface area contributed by atoms with E-state index in [4.69, 9.17) is 18.5 Å². The van der Waals surface area contributed by atoms with E-state index in [2.05, 4.69) is 37.4 Å². The van der Waals surface area contributed by atoms with Gasteiger partial charge in [-0.05, 0) is 41.5 Å². The molecule has 0 aliphatic rings. The van der Waals surface area contributed by atoms with E-state index < -0.39 is 8.53 Å². The molecule has 0 saturated carbocycles. The standard InChI is InChI=1S/C15H33N2O4P/c1-7-16-13-21-22(17(14(3)4)15(5)6)20-12-11-19-10-9-18-8-2/h13-15H,7-12H2,1-6H3. The van der Waals surface area contributed by atoms with Crippen LogP contribution in [-0.4, -0.2) is 62.7 Å². The third kappa shape index (κ3) is 10.5. The van der Waals surface area contributed by atoms with Crippen molar-refractivity contribution in [2.45, 2.75) is 53.6 Å². The van der Waals surface area contributed by atoms with Crippen LogP contribution in [-0.2, 0) is 18.5 Å². The van der Waals surface area contributed by atoms with Crippen LogP contribution in [0.4, 0.5) is 0 Å². The highest BCUT2D eigenvalue weighted by Crippen LogP contribution is 2.45. The number of hydrogen-bond acceptors (Lipinski definition) is 6. The molecule has 0 aromatic carbocycles. The van der Waals surface area contributed by atoms with Gasteiger partial charge in [-0.2, -0.15) is 0 Å². The first kappa shape index (κ1) is 21.7. The van der Waals surface area contributed by atoms with Crippen LogP contribution in [0.25, 0.3) is 0 Å². The van der Waals surface area contributed by atoms with Crippen LogP contribution >= 0.6 is 8.53 Å². The van der Waals surface area contributed by atoms with Crippen molar-refractivity contribution in [1.29, 1.82) is 0 Å². The first-order chi connectivity index (χ1) is 10.5. The summed E-state index contributed by atoms with van der Waals surface area (Å²) in [4.78, 5) is 4.11. The van der Waals surface area contributed by atoms with Crippen molar-refractivity contribution in [3.63, 3.8) is 0 Å². The summed E-state index contributed by atoms with van der Waals surface area (Å²) in [5, 5.41) is 0. The van der Waals surface area contributed by atoms with E-state index in [1.807, 2.05) is 13.8 Å². The van der Waals surface area contributed by atoms with Crippen LogP contribution < -0.4 is 0 Å². The van der Waals surface area contributed by atoms with E-state index in [-0.39, 0.29) is 0 Å². The fourth-order valence-electron chi connectivity index (χ4n) is 1.81. The average Bonchev–Trinajstić information content (AvgIpc) is 2.45. The molecule has 1 atom stereocenters. The SMILES string of the molecule is CCN=COP(OCCOCCOCC)N(C(C)C)C(C)C. The van der Waals surface area contributed by atoms with Crippen molar-refractivity contribution in [2.24, 2.45) is 4.99 Å². The molecule has 132 valence electrons. The summed E-state index contributed by atoms with van der Waals surface area (Å²) in [6.07, 6.45) is 1.50. The number of rotatable bonds is 14. The topological polar surface area (TPSA) is 52.5 Å². The predicted molar refractivity (Wildman–Crippen MR) is 92.4 cm³/mol. The lowest BCUT2D eigenvalue weighted by atomic mass is 10.3. The molecule has 0 aromatic rings. The molecule has 0 radical (unpaired) electrons. The minimum atomic E-state index is -1.17. The minimum Gasteiger partial charge on any atom is -0.425 e. The molecule has 0 aliphatic carbocycles. The van der Waals surface area contributed by atoms with Gasteiger partial charge in [-0.25, -0.2) is 4.67 Å². The first-order valence-electron chi connectivity index (χ1n) is 8.06. The molecule has 0 rings (SSSR count). The molecule has 1 unspecified atom stereocenters. The Kier molecular flexibility index (Phi) is 14.2. The van der Waals surface area contributed by atoms with Crippen molar-refractivity contribution < 1.29 is 18.5 Å². The molecule has 0 N–H and O–H groups in total. The molecular weight excluding hydrogens is 303 g/mol. The predicted octanol–water partition coefficient (Wildman–Crippen LogP) is 3.47. The van der Waals surface area contributed by atoms with Gasteiger partial charge in [0.15, 0.2) is 6.40 Å². The quantitative estimate of drug-likeness (QED) is 0.210. The average molecular weight is 336 g/mol. The van der Waals surface area contributed by atoms with Crippen LogP contribution in [0.2, 0.25) is 0 Å². The molecule has 0 fully saturated rings. The molecule has 7 heteroatoms. The Morgan fingerprint density at radius 1 is 0.955 bits per heavy atom. The third-order valence-corrected chi connectivity index (χ3v) is 4.63. The Morgan fingerprint density at radius 2 is 1.55 bits per heavy atom. The number of nitrogens with zero attached hydrogens (tertiary/aromatic N) is 2. The van der Waals surface area contributed by atoms with E-state index in [1.54, 1.807) is 0 Å². The summed E-state index contributed by atoms with van der Waals surface area (Å²) in [5.74, 6) is 0. The summed E-state index contributed by atoms with van der Waals surface area (Å²) in [5.41, 5.74) is 0. The summed E-state index contributed by atoms with van der Waals surface area (Å²) >= 11 is 0. The van der Waals surface area contributed by atoms with Crippen LogP contribution in [0.3, 0.4) is 0 Å². The number of aliphatic imine (C=N–C) groups is 1. The smallest absolute Gasteiger partial charge is 0.322 e. The number of ether oxygens (including phenoxy) is 2. The molecule has 0 spiro atoms.